The third-order valence-electron chi connectivity index (χ3n) is 11.1. The highest BCUT2D eigenvalue weighted by molar-refractivity contribution is 5.90. The highest BCUT2D eigenvalue weighted by Crippen LogP contribution is 2.53. The largest absolute Gasteiger partial charge is 0.380 e. The third-order valence-corrected chi connectivity index (χ3v) is 11.1. The number of fused-ring (bicyclic) bond motifs is 1. The van der Waals surface area contributed by atoms with E-state index in [0.29, 0.717) is 35.4 Å². The molecule has 2 N–H and O–H groups in total. The van der Waals surface area contributed by atoms with Crippen LogP contribution in [-0.2, 0) is 0 Å². The van der Waals surface area contributed by atoms with E-state index in [4.69, 9.17) is 4.99 Å². The van der Waals surface area contributed by atoms with Crippen molar-refractivity contribution in [3.05, 3.63) is 58.7 Å². The van der Waals surface area contributed by atoms with Crippen LogP contribution in [0, 0.1) is 25.2 Å². The van der Waals surface area contributed by atoms with Gasteiger partial charge in [-0.3, -0.25) is 4.99 Å². The molecule has 3 fully saturated rings. The molecule has 224 valence electrons. The van der Waals surface area contributed by atoms with Gasteiger partial charge in [-0.15, -0.1) is 0 Å². The van der Waals surface area contributed by atoms with Crippen molar-refractivity contribution < 1.29 is 0 Å². The molecule has 2 saturated carbocycles. The summed E-state index contributed by atoms with van der Waals surface area (Å²) in [6, 6.07) is 14.8. The molecule has 3 heteroatoms. The standard InChI is InChI=1S/C38H57N3/c1-25(2)31-19-13-20-32(26(3)4)36(31)39-29(7)33-22-24-38(30-17-10-8-9-11-18-30)23-14-21-34(37(38)41-33)40-35-27(5)15-12-16-28(35)6/h12-13,15-16,19-20,25-26,30,33-34,37,40-41H,8-11,14,17-18,21-24H2,1-7H3. The van der Waals surface area contributed by atoms with Crippen LogP contribution in [0.15, 0.2) is 41.4 Å². The first-order valence-electron chi connectivity index (χ1n) is 17.0. The second-order valence-corrected chi connectivity index (χ2v) is 14.4. The topological polar surface area (TPSA) is 36.4 Å². The van der Waals surface area contributed by atoms with Crippen LogP contribution in [0.25, 0.3) is 0 Å². The molecule has 0 bridgehead atoms. The molecule has 41 heavy (non-hydrogen) atoms. The highest BCUT2D eigenvalue weighted by atomic mass is 15.1. The summed E-state index contributed by atoms with van der Waals surface area (Å²) in [5.74, 6) is 1.77. The Morgan fingerprint density at radius 3 is 2.02 bits per heavy atom. The van der Waals surface area contributed by atoms with Crippen molar-refractivity contribution in [3.8, 4) is 0 Å². The molecule has 2 aliphatic carbocycles. The quantitative estimate of drug-likeness (QED) is 0.263. The van der Waals surface area contributed by atoms with Gasteiger partial charge in [0.15, 0.2) is 0 Å². The van der Waals surface area contributed by atoms with E-state index < -0.39 is 0 Å². The van der Waals surface area contributed by atoms with Crippen molar-refractivity contribution in [2.75, 3.05) is 5.32 Å². The van der Waals surface area contributed by atoms with Crippen LogP contribution in [0.5, 0.6) is 0 Å². The number of aliphatic imine (C=N–C) groups is 1. The lowest BCUT2D eigenvalue weighted by atomic mass is 9.55. The first kappa shape index (κ1) is 30.3. The molecular weight excluding hydrogens is 498 g/mol. The molecule has 4 atom stereocenters. The number of hydrogen-bond donors (Lipinski definition) is 2. The van der Waals surface area contributed by atoms with Crippen LogP contribution >= 0.6 is 0 Å². The van der Waals surface area contributed by atoms with Gasteiger partial charge in [0, 0.05) is 29.5 Å². The number of piperidine rings is 1. The van der Waals surface area contributed by atoms with Gasteiger partial charge >= 0.3 is 0 Å². The Morgan fingerprint density at radius 2 is 1.41 bits per heavy atom. The zero-order chi connectivity index (χ0) is 29.1. The smallest absolute Gasteiger partial charge is 0.0698 e. The highest BCUT2D eigenvalue weighted by Gasteiger charge is 2.53. The van der Waals surface area contributed by atoms with E-state index >= 15 is 0 Å². The Hall–Kier alpha value is -2.13. The number of benzene rings is 2. The fraction of sp³-hybridized carbons (Fsp3) is 0.658. The average Bonchev–Trinajstić information content (AvgIpc) is 3.25. The average molecular weight is 556 g/mol. The first-order valence-corrected chi connectivity index (χ1v) is 17.0. The number of nitrogens with one attached hydrogen (secondary N) is 2. The summed E-state index contributed by atoms with van der Waals surface area (Å²) in [4.78, 5) is 5.48. The number of para-hydroxylation sites is 2. The minimum Gasteiger partial charge on any atom is -0.380 e. The Morgan fingerprint density at radius 1 is 0.805 bits per heavy atom. The maximum Gasteiger partial charge on any atom is 0.0698 e. The monoisotopic (exact) mass is 555 g/mol. The van der Waals surface area contributed by atoms with E-state index in [0.717, 1.165) is 5.92 Å². The first-order chi connectivity index (χ1) is 19.7. The Kier molecular flexibility index (Phi) is 9.64. The normalized spacial score (nSPS) is 28.0. The van der Waals surface area contributed by atoms with Crippen LogP contribution in [-0.4, -0.2) is 23.8 Å². The van der Waals surface area contributed by atoms with E-state index in [2.05, 4.69) is 95.5 Å². The van der Waals surface area contributed by atoms with Crippen molar-refractivity contribution in [2.24, 2.45) is 16.3 Å². The molecule has 3 nitrogen and oxygen atoms in total. The Labute approximate surface area is 251 Å². The number of nitrogens with zero attached hydrogens (tertiary/aromatic N) is 1. The van der Waals surface area contributed by atoms with Crippen LogP contribution < -0.4 is 10.6 Å². The molecule has 1 heterocycles. The van der Waals surface area contributed by atoms with Gasteiger partial charge in [0.2, 0.25) is 0 Å². The molecule has 4 unspecified atom stereocenters. The minimum absolute atomic E-state index is 0.333. The van der Waals surface area contributed by atoms with Crippen LogP contribution in [0.3, 0.4) is 0 Å². The summed E-state index contributed by atoms with van der Waals surface area (Å²) < 4.78 is 0. The molecule has 0 radical (unpaired) electrons. The van der Waals surface area contributed by atoms with E-state index in [1.54, 1.807) is 0 Å². The summed E-state index contributed by atoms with van der Waals surface area (Å²) >= 11 is 0. The van der Waals surface area contributed by atoms with Gasteiger partial charge < -0.3 is 10.6 Å². The van der Waals surface area contributed by atoms with Gasteiger partial charge in [-0.2, -0.15) is 0 Å². The van der Waals surface area contributed by atoms with Crippen LogP contribution in [0.1, 0.15) is 139 Å². The third kappa shape index (κ3) is 6.31. The molecule has 0 amide bonds. The molecule has 3 aliphatic rings. The number of aryl methyl sites for hydroxylation is 2. The van der Waals surface area contributed by atoms with Gasteiger partial charge in [-0.05, 0) is 105 Å². The van der Waals surface area contributed by atoms with Crippen LogP contribution in [0.4, 0.5) is 11.4 Å². The molecule has 2 aromatic rings. The lowest BCUT2D eigenvalue weighted by Gasteiger charge is -2.57. The van der Waals surface area contributed by atoms with Crippen molar-refractivity contribution in [2.45, 2.75) is 149 Å². The van der Waals surface area contributed by atoms with Crippen molar-refractivity contribution in [3.63, 3.8) is 0 Å². The van der Waals surface area contributed by atoms with E-state index in [1.807, 2.05) is 0 Å². The molecule has 1 saturated heterocycles. The van der Waals surface area contributed by atoms with Gasteiger partial charge in [0.1, 0.15) is 0 Å². The molecule has 2 aromatic carbocycles. The van der Waals surface area contributed by atoms with E-state index in [9.17, 15) is 0 Å². The molecule has 0 aromatic heterocycles. The SMILES string of the molecule is CC(=Nc1c(C(C)C)cccc1C(C)C)C1CCC2(C3CCCCCC3)CCCC(Nc3c(C)cccc3C)C2N1. The van der Waals surface area contributed by atoms with Crippen molar-refractivity contribution in [1.29, 1.82) is 0 Å². The zero-order valence-corrected chi connectivity index (χ0v) is 27.2. The summed E-state index contributed by atoms with van der Waals surface area (Å²) in [5, 5.41) is 8.50. The lowest BCUT2D eigenvalue weighted by molar-refractivity contribution is -0.00202. The van der Waals surface area contributed by atoms with Gasteiger partial charge in [-0.1, -0.05) is 96.2 Å². The van der Waals surface area contributed by atoms with Gasteiger partial charge in [0.25, 0.3) is 0 Å². The van der Waals surface area contributed by atoms with Gasteiger partial charge in [0.05, 0.1) is 5.69 Å². The Balaban J connectivity index is 1.50. The molecule has 5 rings (SSSR count). The fourth-order valence-corrected chi connectivity index (χ4v) is 8.77. The number of anilines is 1. The Bertz CT molecular complexity index is 1160. The second kappa shape index (κ2) is 13.0. The maximum atomic E-state index is 5.48. The number of hydrogen-bond acceptors (Lipinski definition) is 3. The summed E-state index contributed by atoms with van der Waals surface area (Å²) in [6.45, 7) is 16.1. The van der Waals surface area contributed by atoms with Crippen molar-refractivity contribution >= 4 is 17.1 Å². The summed E-state index contributed by atoms with van der Waals surface area (Å²) in [5.41, 5.74) is 9.75. The molecule has 1 aliphatic heterocycles. The van der Waals surface area contributed by atoms with Crippen LogP contribution in [0.2, 0.25) is 0 Å². The predicted molar refractivity (Wildman–Crippen MR) is 178 cm³/mol. The molecular formula is C38H57N3. The summed E-state index contributed by atoms with van der Waals surface area (Å²) in [7, 11) is 0. The fourth-order valence-electron chi connectivity index (χ4n) is 8.77. The van der Waals surface area contributed by atoms with E-state index in [-0.39, 0.29) is 0 Å². The maximum absolute atomic E-state index is 5.48. The minimum atomic E-state index is 0.333. The van der Waals surface area contributed by atoms with E-state index in [1.165, 1.54) is 110 Å². The molecule has 0 spiro atoms. The number of rotatable bonds is 7. The van der Waals surface area contributed by atoms with Crippen molar-refractivity contribution in [1.82, 2.24) is 5.32 Å². The summed E-state index contributed by atoms with van der Waals surface area (Å²) in [6.07, 6.45) is 15.1. The predicted octanol–water partition coefficient (Wildman–Crippen LogP) is 10.4. The lowest BCUT2D eigenvalue weighted by Crippen LogP contribution is -2.66. The van der Waals surface area contributed by atoms with Gasteiger partial charge in [-0.25, -0.2) is 0 Å². The second-order valence-electron chi connectivity index (χ2n) is 14.4. The zero-order valence-electron chi connectivity index (χ0n) is 27.2.